The van der Waals surface area contributed by atoms with Crippen LogP contribution in [0.25, 0.3) is 0 Å². The number of aliphatic carboxylic acids is 1. The van der Waals surface area contributed by atoms with Gasteiger partial charge < -0.3 is 21.1 Å². The maximum absolute atomic E-state index is 11.7. The summed E-state index contributed by atoms with van der Waals surface area (Å²) in [4.78, 5) is 34.8. The van der Waals surface area contributed by atoms with Gasteiger partial charge in [-0.3, -0.25) is 9.59 Å². The lowest BCUT2D eigenvalue weighted by Gasteiger charge is -2.22. The van der Waals surface area contributed by atoms with Crippen molar-refractivity contribution in [3.05, 3.63) is 0 Å². The Balaban J connectivity index is 2.57. The van der Waals surface area contributed by atoms with Gasteiger partial charge in [0.1, 0.15) is 6.04 Å². The molecule has 0 aliphatic carbocycles. The van der Waals surface area contributed by atoms with Crippen LogP contribution in [0.1, 0.15) is 20.3 Å². The minimum atomic E-state index is -1.10. The van der Waals surface area contributed by atoms with Crippen molar-refractivity contribution in [3.63, 3.8) is 0 Å². The van der Waals surface area contributed by atoms with Crippen LogP contribution in [-0.4, -0.2) is 47.0 Å². The van der Waals surface area contributed by atoms with Gasteiger partial charge in [-0.1, -0.05) is 0 Å². The molecule has 1 fully saturated rings. The fourth-order valence-corrected chi connectivity index (χ4v) is 1.67. The zero-order valence-electron chi connectivity index (χ0n) is 9.90. The third kappa shape index (κ3) is 2.86. The maximum Gasteiger partial charge on any atom is 0.325 e. The topological polar surface area (TPSA) is 113 Å². The number of urea groups is 1. The predicted octanol–water partition coefficient (Wildman–Crippen LogP) is -0.634. The van der Waals surface area contributed by atoms with Crippen molar-refractivity contribution in [2.75, 3.05) is 13.1 Å². The van der Waals surface area contributed by atoms with E-state index in [4.69, 9.17) is 10.8 Å². The van der Waals surface area contributed by atoms with Crippen molar-refractivity contribution < 1.29 is 19.5 Å². The summed E-state index contributed by atoms with van der Waals surface area (Å²) in [5.41, 5.74) is 4.53. The second kappa shape index (κ2) is 4.60. The van der Waals surface area contributed by atoms with Crippen molar-refractivity contribution in [3.8, 4) is 0 Å². The first-order valence-electron chi connectivity index (χ1n) is 5.34. The van der Waals surface area contributed by atoms with E-state index < -0.39 is 29.4 Å². The lowest BCUT2D eigenvalue weighted by molar-refractivity contribution is -0.138. The van der Waals surface area contributed by atoms with Crippen LogP contribution in [0.5, 0.6) is 0 Å². The van der Waals surface area contributed by atoms with E-state index >= 15 is 0 Å². The molecule has 1 saturated heterocycles. The molecule has 0 bridgehead atoms. The molecular formula is C10H17N3O4. The van der Waals surface area contributed by atoms with Gasteiger partial charge in [0.05, 0.1) is 5.41 Å². The Kier molecular flexibility index (Phi) is 3.59. The van der Waals surface area contributed by atoms with Crippen molar-refractivity contribution in [1.82, 2.24) is 10.2 Å². The van der Waals surface area contributed by atoms with E-state index in [-0.39, 0.29) is 6.54 Å². The molecule has 3 amide bonds. The van der Waals surface area contributed by atoms with Crippen LogP contribution in [0.3, 0.4) is 0 Å². The molecule has 17 heavy (non-hydrogen) atoms. The molecule has 7 heteroatoms. The minimum Gasteiger partial charge on any atom is -0.480 e. The highest BCUT2D eigenvalue weighted by Gasteiger charge is 2.40. The molecule has 0 radical (unpaired) electrons. The molecule has 0 spiro atoms. The average molecular weight is 243 g/mol. The van der Waals surface area contributed by atoms with Crippen LogP contribution in [0, 0.1) is 5.41 Å². The zero-order valence-corrected chi connectivity index (χ0v) is 9.90. The minimum absolute atomic E-state index is 0.223. The molecule has 0 saturated carbocycles. The molecular weight excluding hydrogens is 226 g/mol. The van der Waals surface area contributed by atoms with E-state index in [0.29, 0.717) is 13.0 Å². The molecule has 1 aliphatic rings. The molecule has 96 valence electrons. The fraction of sp³-hybridized carbons (Fsp3) is 0.700. The number of hydrogen-bond donors (Lipinski definition) is 3. The second-order valence-electron chi connectivity index (χ2n) is 4.61. The van der Waals surface area contributed by atoms with E-state index in [1.165, 1.54) is 11.8 Å². The summed E-state index contributed by atoms with van der Waals surface area (Å²) in [5.74, 6) is -1.55. The number of likely N-dealkylation sites (tertiary alicyclic amines) is 1. The van der Waals surface area contributed by atoms with Crippen LogP contribution >= 0.6 is 0 Å². The Hall–Kier alpha value is -1.79. The number of hydrogen-bond acceptors (Lipinski definition) is 3. The highest BCUT2D eigenvalue weighted by Crippen LogP contribution is 2.29. The summed E-state index contributed by atoms with van der Waals surface area (Å²) >= 11 is 0. The smallest absolute Gasteiger partial charge is 0.325 e. The van der Waals surface area contributed by atoms with Crippen molar-refractivity contribution in [2.45, 2.75) is 26.3 Å². The lowest BCUT2D eigenvalue weighted by Crippen LogP contribution is -2.47. The van der Waals surface area contributed by atoms with Crippen LogP contribution in [0.15, 0.2) is 0 Å². The van der Waals surface area contributed by atoms with Gasteiger partial charge in [-0.2, -0.15) is 0 Å². The first-order valence-corrected chi connectivity index (χ1v) is 5.34. The van der Waals surface area contributed by atoms with Crippen LogP contribution < -0.4 is 11.1 Å². The number of carbonyl (C=O) groups excluding carboxylic acids is 2. The number of amides is 3. The van der Waals surface area contributed by atoms with Gasteiger partial charge in [0, 0.05) is 13.1 Å². The van der Waals surface area contributed by atoms with E-state index in [2.05, 4.69) is 5.32 Å². The van der Waals surface area contributed by atoms with Gasteiger partial charge in [-0.25, -0.2) is 4.79 Å². The molecule has 4 N–H and O–H groups in total. The Morgan fingerprint density at radius 1 is 1.47 bits per heavy atom. The summed E-state index contributed by atoms with van der Waals surface area (Å²) in [6.07, 6.45) is 0.497. The van der Waals surface area contributed by atoms with Gasteiger partial charge in [0.2, 0.25) is 5.91 Å². The first-order chi connectivity index (χ1) is 7.76. The Bertz CT molecular complexity index is 357. The van der Waals surface area contributed by atoms with Gasteiger partial charge in [0.25, 0.3) is 0 Å². The fourth-order valence-electron chi connectivity index (χ4n) is 1.67. The van der Waals surface area contributed by atoms with Crippen LogP contribution in [0.2, 0.25) is 0 Å². The van der Waals surface area contributed by atoms with Gasteiger partial charge in [0.15, 0.2) is 0 Å². The largest absolute Gasteiger partial charge is 0.480 e. The number of carbonyl (C=O) groups is 3. The number of nitrogens with one attached hydrogen (secondary N) is 1. The van der Waals surface area contributed by atoms with Gasteiger partial charge in [-0.05, 0) is 20.3 Å². The monoisotopic (exact) mass is 243 g/mol. The number of primary amides is 1. The van der Waals surface area contributed by atoms with Crippen molar-refractivity contribution >= 4 is 17.9 Å². The molecule has 0 aromatic rings. The highest BCUT2D eigenvalue weighted by molar-refractivity contribution is 5.85. The van der Waals surface area contributed by atoms with Crippen molar-refractivity contribution in [1.29, 1.82) is 0 Å². The first kappa shape index (κ1) is 13.3. The summed E-state index contributed by atoms with van der Waals surface area (Å²) in [6, 6.07) is -1.44. The Morgan fingerprint density at radius 3 is 2.47 bits per heavy atom. The summed E-state index contributed by atoms with van der Waals surface area (Å²) < 4.78 is 0. The molecule has 0 aromatic heterocycles. The number of rotatable bonds is 3. The van der Waals surface area contributed by atoms with Crippen LogP contribution in [0.4, 0.5) is 4.79 Å². The molecule has 7 nitrogen and oxygen atoms in total. The number of nitrogens with zero attached hydrogens (tertiary/aromatic N) is 1. The molecule has 2 unspecified atom stereocenters. The molecule has 1 rings (SSSR count). The quantitative estimate of drug-likeness (QED) is 0.612. The van der Waals surface area contributed by atoms with Crippen molar-refractivity contribution in [2.24, 2.45) is 11.1 Å². The standard InChI is InChI=1S/C10H17N3O4/c1-6(7(14)15)12-9(17)13-4-3-10(2,5-13)8(11)16/h6H,3-5H2,1-2H3,(H2,11,16)(H,12,17)(H,14,15). The highest BCUT2D eigenvalue weighted by atomic mass is 16.4. The SMILES string of the molecule is CC(NC(=O)N1CCC(C)(C(N)=O)C1)C(=O)O. The second-order valence-corrected chi connectivity index (χ2v) is 4.61. The van der Waals surface area contributed by atoms with E-state index in [9.17, 15) is 14.4 Å². The maximum atomic E-state index is 11.7. The van der Waals surface area contributed by atoms with Crippen LogP contribution in [-0.2, 0) is 9.59 Å². The number of carboxylic acid groups (broad SMARTS) is 1. The zero-order chi connectivity index (χ0) is 13.2. The molecule has 1 heterocycles. The molecule has 0 aromatic carbocycles. The lowest BCUT2D eigenvalue weighted by atomic mass is 9.89. The molecule has 1 aliphatic heterocycles. The van der Waals surface area contributed by atoms with Gasteiger partial charge >= 0.3 is 12.0 Å². The van der Waals surface area contributed by atoms with E-state index in [0.717, 1.165) is 0 Å². The Morgan fingerprint density at radius 2 is 2.06 bits per heavy atom. The third-order valence-corrected chi connectivity index (χ3v) is 3.07. The van der Waals surface area contributed by atoms with E-state index in [1.807, 2.05) is 0 Å². The molecule has 2 atom stereocenters. The third-order valence-electron chi connectivity index (χ3n) is 3.07. The number of nitrogens with two attached hydrogens (primary N) is 1. The number of carboxylic acids is 1. The predicted molar refractivity (Wildman–Crippen MR) is 59.1 cm³/mol. The summed E-state index contributed by atoms with van der Waals surface area (Å²) in [7, 11) is 0. The van der Waals surface area contributed by atoms with Gasteiger partial charge in [-0.15, -0.1) is 0 Å². The normalized spacial score (nSPS) is 25.4. The Labute approximate surface area is 98.9 Å². The summed E-state index contributed by atoms with van der Waals surface area (Å²) in [6.45, 7) is 3.70. The average Bonchev–Trinajstić information content (AvgIpc) is 2.62. The summed E-state index contributed by atoms with van der Waals surface area (Å²) in [5, 5.41) is 11.0. The van der Waals surface area contributed by atoms with E-state index in [1.54, 1.807) is 6.92 Å².